The van der Waals surface area contributed by atoms with Gasteiger partial charge in [-0.3, -0.25) is 9.78 Å². The van der Waals surface area contributed by atoms with Crippen LogP contribution in [0.25, 0.3) is 10.9 Å². The minimum atomic E-state index is -0.360. The number of rotatable bonds is 5. The summed E-state index contributed by atoms with van der Waals surface area (Å²) in [6.07, 6.45) is 3.20. The van der Waals surface area contributed by atoms with E-state index in [1.807, 2.05) is 36.4 Å². The predicted octanol–water partition coefficient (Wildman–Crippen LogP) is 3.42. The number of para-hydroxylation sites is 1. The summed E-state index contributed by atoms with van der Waals surface area (Å²) in [5.74, 6) is 0.197. The lowest BCUT2D eigenvalue weighted by Gasteiger charge is -2.07. The third-order valence-corrected chi connectivity index (χ3v) is 3.44. The first-order chi connectivity index (χ1) is 11.7. The Kier molecular flexibility index (Phi) is 5.03. The average molecular weight is 340 g/mol. The van der Waals surface area contributed by atoms with Crippen LogP contribution in [0.2, 0.25) is 5.02 Å². The summed E-state index contributed by atoms with van der Waals surface area (Å²) in [7, 11) is 0. The summed E-state index contributed by atoms with van der Waals surface area (Å²) in [5.41, 5.74) is 3.92. The van der Waals surface area contributed by atoms with Gasteiger partial charge in [-0.25, -0.2) is 5.43 Å². The van der Waals surface area contributed by atoms with Gasteiger partial charge in [0, 0.05) is 16.6 Å². The van der Waals surface area contributed by atoms with Gasteiger partial charge in [0.1, 0.15) is 11.3 Å². The fourth-order valence-corrected chi connectivity index (χ4v) is 2.33. The molecule has 3 rings (SSSR count). The van der Waals surface area contributed by atoms with Crippen molar-refractivity contribution in [2.75, 3.05) is 6.61 Å². The van der Waals surface area contributed by atoms with Gasteiger partial charge in [0.25, 0.3) is 5.91 Å². The van der Waals surface area contributed by atoms with Crippen LogP contribution < -0.4 is 10.2 Å². The molecule has 0 saturated heterocycles. The van der Waals surface area contributed by atoms with Gasteiger partial charge in [-0.1, -0.05) is 41.9 Å². The number of carbonyl (C=O) groups excluding carboxylic acids is 1. The predicted molar refractivity (Wildman–Crippen MR) is 94.4 cm³/mol. The maximum absolute atomic E-state index is 11.8. The monoisotopic (exact) mass is 339 g/mol. The smallest absolute Gasteiger partial charge is 0.277 e. The van der Waals surface area contributed by atoms with Gasteiger partial charge < -0.3 is 4.74 Å². The van der Waals surface area contributed by atoms with Gasteiger partial charge in [-0.2, -0.15) is 5.10 Å². The summed E-state index contributed by atoms with van der Waals surface area (Å²) in [4.78, 5) is 16.1. The van der Waals surface area contributed by atoms with Crippen molar-refractivity contribution in [2.24, 2.45) is 5.10 Å². The zero-order valence-corrected chi connectivity index (χ0v) is 13.4. The third kappa shape index (κ3) is 4.08. The number of aromatic nitrogens is 1. The standard InChI is InChI=1S/C18H14ClN3O2/c19-15-7-1-4-13(10-15)11-21-22-17(23)12-24-16-8-2-5-14-6-3-9-20-18(14)16/h1-11H,12H2,(H,22,23)/b21-11+. The minimum absolute atomic E-state index is 0.150. The first kappa shape index (κ1) is 16.0. The number of carbonyl (C=O) groups is 1. The Morgan fingerprint density at radius 2 is 2.04 bits per heavy atom. The number of nitrogens with one attached hydrogen (secondary N) is 1. The number of benzene rings is 2. The van der Waals surface area contributed by atoms with E-state index in [0.717, 1.165) is 16.5 Å². The number of hydrogen-bond donors (Lipinski definition) is 1. The molecule has 0 fully saturated rings. The molecule has 1 heterocycles. The van der Waals surface area contributed by atoms with Crippen LogP contribution in [0.3, 0.4) is 0 Å². The molecule has 0 aliphatic heterocycles. The number of amides is 1. The Bertz CT molecular complexity index is 891. The molecule has 1 N–H and O–H groups in total. The van der Waals surface area contributed by atoms with Crippen molar-refractivity contribution in [2.45, 2.75) is 0 Å². The Morgan fingerprint density at radius 3 is 2.92 bits per heavy atom. The largest absolute Gasteiger partial charge is 0.481 e. The van der Waals surface area contributed by atoms with E-state index < -0.39 is 0 Å². The molecule has 0 bridgehead atoms. The summed E-state index contributed by atoms with van der Waals surface area (Å²) < 4.78 is 5.53. The molecule has 0 spiro atoms. The van der Waals surface area contributed by atoms with Gasteiger partial charge in [0.2, 0.25) is 0 Å². The Balaban J connectivity index is 1.57. The molecule has 0 atom stereocenters. The summed E-state index contributed by atoms with van der Waals surface area (Å²) in [6.45, 7) is -0.150. The molecule has 0 radical (unpaired) electrons. The van der Waals surface area contributed by atoms with Crippen molar-refractivity contribution in [3.8, 4) is 5.75 Å². The highest BCUT2D eigenvalue weighted by Crippen LogP contribution is 2.22. The quantitative estimate of drug-likeness (QED) is 0.572. The molecule has 3 aromatic rings. The van der Waals surface area contributed by atoms with Crippen LogP contribution in [0.5, 0.6) is 5.75 Å². The molecule has 0 unspecified atom stereocenters. The Hall–Kier alpha value is -2.92. The molecule has 2 aromatic carbocycles. The van der Waals surface area contributed by atoms with Crippen molar-refractivity contribution in [1.29, 1.82) is 0 Å². The lowest BCUT2D eigenvalue weighted by Crippen LogP contribution is -2.24. The zero-order chi connectivity index (χ0) is 16.8. The molecule has 6 heteroatoms. The van der Waals surface area contributed by atoms with Gasteiger partial charge in [0.05, 0.1) is 6.21 Å². The number of nitrogens with zero attached hydrogens (tertiary/aromatic N) is 2. The summed E-state index contributed by atoms with van der Waals surface area (Å²) in [5, 5.41) is 5.44. The van der Waals surface area contributed by atoms with Gasteiger partial charge >= 0.3 is 0 Å². The highest BCUT2D eigenvalue weighted by molar-refractivity contribution is 6.30. The summed E-state index contributed by atoms with van der Waals surface area (Å²) in [6, 6.07) is 16.5. The van der Waals surface area contributed by atoms with Crippen molar-refractivity contribution in [3.05, 3.63) is 71.4 Å². The zero-order valence-electron chi connectivity index (χ0n) is 12.6. The second kappa shape index (κ2) is 7.57. The first-order valence-corrected chi connectivity index (χ1v) is 7.64. The van der Waals surface area contributed by atoms with E-state index in [2.05, 4.69) is 15.5 Å². The van der Waals surface area contributed by atoms with E-state index in [1.54, 1.807) is 24.4 Å². The van der Waals surface area contributed by atoms with Crippen molar-refractivity contribution >= 4 is 34.6 Å². The van der Waals surface area contributed by atoms with Crippen molar-refractivity contribution in [3.63, 3.8) is 0 Å². The number of fused-ring (bicyclic) bond motifs is 1. The fraction of sp³-hybridized carbons (Fsp3) is 0.0556. The number of hydrazone groups is 1. The van der Waals surface area contributed by atoms with E-state index in [1.165, 1.54) is 6.21 Å². The lowest BCUT2D eigenvalue weighted by atomic mass is 10.2. The van der Waals surface area contributed by atoms with E-state index >= 15 is 0 Å². The van der Waals surface area contributed by atoms with Gasteiger partial charge in [-0.15, -0.1) is 0 Å². The number of ether oxygens (including phenoxy) is 1. The summed E-state index contributed by atoms with van der Waals surface area (Å²) >= 11 is 5.88. The molecule has 1 aromatic heterocycles. The average Bonchev–Trinajstić information content (AvgIpc) is 2.60. The molecule has 1 amide bonds. The van der Waals surface area contributed by atoms with Gasteiger partial charge in [0.15, 0.2) is 6.61 Å². The van der Waals surface area contributed by atoms with Crippen LogP contribution >= 0.6 is 11.6 Å². The molecular formula is C18H14ClN3O2. The van der Waals surface area contributed by atoms with E-state index in [-0.39, 0.29) is 12.5 Å². The van der Waals surface area contributed by atoms with Crippen molar-refractivity contribution < 1.29 is 9.53 Å². The molecule has 0 saturated carbocycles. The van der Waals surface area contributed by atoms with E-state index in [0.29, 0.717) is 10.8 Å². The number of hydrogen-bond acceptors (Lipinski definition) is 4. The van der Waals surface area contributed by atoms with Crippen LogP contribution in [-0.2, 0) is 4.79 Å². The maximum atomic E-state index is 11.8. The first-order valence-electron chi connectivity index (χ1n) is 7.26. The van der Waals surface area contributed by atoms with Crippen LogP contribution in [0.15, 0.2) is 65.9 Å². The Labute approximate surface area is 143 Å². The highest BCUT2D eigenvalue weighted by atomic mass is 35.5. The molecule has 5 nitrogen and oxygen atoms in total. The van der Waals surface area contributed by atoms with Crippen LogP contribution in [0.4, 0.5) is 0 Å². The molecule has 0 aliphatic carbocycles. The molecule has 0 aliphatic rings. The lowest BCUT2D eigenvalue weighted by molar-refractivity contribution is -0.123. The van der Waals surface area contributed by atoms with E-state index in [9.17, 15) is 4.79 Å². The maximum Gasteiger partial charge on any atom is 0.277 e. The van der Waals surface area contributed by atoms with Crippen LogP contribution in [0, 0.1) is 0 Å². The van der Waals surface area contributed by atoms with Gasteiger partial charge in [-0.05, 0) is 29.8 Å². The van der Waals surface area contributed by atoms with Crippen LogP contribution in [-0.4, -0.2) is 23.7 Å². The normalized spacial score (nSPS) is 10.9. The van der Waals surface area contributed by atoms with Crippen molar-refractivity contribution in [1.82, 2.24) is 10.4 Å². The fourth-order valence-electron chi connectivity index (χ4n) is 2.13. The topological polar surface area (TPSA) is 63.6 Å². The Morgan fingerprint density at radius 1 is 1.21 bits per heavy atom. The number of halogens is 1. The minimum Gasteiger partial charge on any atom is -0.481 e. The highest BCUT2D eigenvalue weighted by Gasteiger charge is 2.05. The second-order valence-corrected chi connectivity index (χ2v) is 5.40. The number of pyridine rings is 1. The second-order valence-electron chi connectivity index (χ2n) is 4.97. The SMILES string of the molecule is O=C(COc1cccc2cccnc12)N/N=C/c1cccc(Cl)c1. The third-order valence-electron chi connectivity index (χ3n) is 3.21. The van der Waals surface area contributed by atoms with E-state index in [4.69, 9.17) is 16.3 Å². The molecule has 120 valence electrons. The molecule has 24 heavy (non-hydrogen) atoms. The molecular weight excluding hydrogens is 326 g/mol. The van der Waals surface area contributed by atoms with Crippen LogP contribution in [0.1, 0.15) is 5.56 Å².